The normalized spacial score (nSPS) is 14.5. The molecule has 0 spiro atoms. The summed E-state index contributed by atoms with van der Waals surface area (Å²) in [5.41, 5.74) is 5.36. The second-order valence-electron chi connectivity index (χ2n) is 14.2. The molecule has 3 atom stereocenters. The molecule has 0 aliphatic heterocycles. The van der Waals surface area contributed by atoms with E-state index in [0.717, 1.165) is 51.4 Å². The van der Waals surface area contributed by atoms with Gasteiger partial charge in [-0.15, -0.1) is 0 Å². The van der Waals surface area contributed by atoms with Gasteiger partial charge in [-0.1, -0.05) is 185 Å². The number of allylic oxidation sites excluding steroid dienone is 5. The molecular formula is C42H81N2O6P. The molecule has 9 heteroatoms. The van der Waals surface area contributed by atoms with E-state index in [9.17, 15) is 19.4 Å². The Morgan fingerprint density at radius 2 is 1.04 bits per heavy atom. The van der Waals surface area contributed by atoms with Crippen LogP contribution in [0.15, 0.2) is 36.5 Å². The van der Waals surface area contributed by atoms with Gasteiger partial charge in [0.2, 0.25) is 5.91 Å². The lowest BCUT2D eigenvalue weighted by Gasteiger charge is -2.23. The third kappa shape index (κ3) is 36.9. The first-order chi connectivity index (χ1) is 24.9. The van der Waals surface area contributed by atoms with Crippen LogP contribution >= 0.6 is 7.82 Å². The van der Waals surface area contributed by atoms with E-state index in [0.29, 0.717) is 6.42 Å². The van der Waals surface area contributed by atoms with Crippen LogP contribution in [0.2, 0.25) is 0 Å². The van der Waals surface area contributed by atoms with Crippen molar-refractivity contribution in [3.63, 3.8) is 0 Å². The lowest BCUT2D eigenvalue weighted by Crippen LogP contribution is -2.45. The lowest BCUT2D eigenvalue weighted by atomic mass is 10.0. The molecule has 0 radical (unpaired) electrons. The van der Waals surface area contributed by atoms with Gasteiger partial charge in [0.15, 0.2) is 0 Å². The average Bonchev–Trinajstić information content (AvgIpc) is 3.12. The Morgan fingerprint density at radius 1 is 0.627 bits per heavy atom. The SMILES string of the molecule is CCC/C=C/CC/C=C/CC/C=C/C(O)C(COP(=O)(O)OCCN)NC(=O)CCCCCCCCCCCCCCCCCCCCCCC. The number of aliphatic hydroxyl groups excluding tert-OH is 1. The van der Waals surface area contributed by atoms with Crippen LogP contribution in [0.25, 0.3) is 0 Å². The number of nitrogens with two attached hydrogens (primary N) is 1. The molecule has 0 aromatic heterocycles. The van der Waals surface area contributed by atoms with Gasteiger partial charge in [-0.05, 0) is 38.5 Å². The minimum absolute atomic E-state index is 0.0724. The molecule has 300 valence electrons. The van der Waals surface area contributed by atoms with Gasteiger partial charge in [0, 0.05) is 13.0 Å². The van der Waals surface area contributed by atoms with Crippen molar-refractivity contribution in [2.45, 2.75) is 206 Å². The molecule has 3 unspecified atom stereocenters. The molecule has 8 nitrogen and oxygen atoms in total. The molecule has 0 saturated heterocycles. The van der Waals surface area contributed by atoms with Crippen LogP contribution in [-0.4, -0.2) is 47.8 Å². The van der Waals surface area contributed by atoms with E-state index in [1.165, 1.54) is 122 Å². The number of nitrogens with one attached hydrogen (secondary N) is 1. The Kier molecular flexibility index (Phi) is 37.5. The minimum Gasteiger partial charge on any atom is -0.387 e. The molecule has 0 saturated carbocycles. The zero-order valence-corrected chi connectivity index (χ0v) is 34.0. The van der Waals surface area contributed by atoms with E-state index in [1.54, 1.807) is 6.08 Å². The lowest BCUT2D eigenvalue weighted by molar-refractivity contribution is -0.123. The largest absolute Gasteiger partial charge is 0.472 e. The fourth-order valence-electron chi connectivity index (χ4n) is 5.99. The van der Waals surface area contributed by atoms with Crippen LogP contribution < -0.4 is 11.1 Å². The summed E-state index contributed by atoms with van der Waals surface area (Å²) in [5.74, 6) is -0.208. The standard InChI is InChI=1S/C42H81N2O6P/c1-3-5-7-9-11-13-15-16-17-18-19-20-21-22-23-24-26-28-30-32-34-36-42(46)44-40(39-50-51(47,48)49-38-37-43)41(45)35-33-31-29-27-25-14-12-10-8-6-4-2/h8,10,25,27,33,35,40-41,45H,3-7,9,11-24,26,28-32,34,36-39,43H2,1-2H3,(H,44,46)(H,47,48)/b10-8+,27-25+,35-33+. The molecule has 5 N–H and O–H groups in total. The molecular weight excluding hydrogens is 659 g/mol. The summed E-state index contributed by atoms with van der Waals surface area (Å²) in [4.78, 5) is 22.6. The Balaban J connectivity index is 4.13. The summed E-state index contributed by atoms with van der Waals surface area (Å²) in [6.07, 6.45) is 44.9. The highest BCUT2D eigenvalue weighted by Crippen LogP contribution is 2.43. The smallest absolute Gasteiger partial charge is 0.387 e. The molecule has 0 aromatic rings. The van der Waals surface area contributed by atoms with Gasteiger partial charge in [0.05, 0.1) is 25.4 Å². The van der Waals surface area contributed by atoms with Crippen molar-refractivity contribution >= 4 is 13.7 Å². The van der Waals surface area contributed by atoms with Crippen molar-refractivity contribution in [1.82, 2.24) is 5.32 Å². The molecule has 0 bridgehead atoms. The van der Waals surface area contributed by atoms with Crippen molar-refractivity contribution in [3.05, 3.63) is 36.5 Å². The quantitative estimate of drug-likeness (QED) is 0.0280. The van der Waals surface area contributed by atoms with Gasteiger partial charge in [-0.2, -0.15) is 0 Å². The molecule has 0 aromatic carbocycles. The van der Waals surface area contributed by atoms with Gasteiger partial charge >= 0.3 is 7.82 Å². The van der Waals surface area contributed by atoms with E-state index in [2.05, 4.69) is 43.5 Å². The molecule has 0 fully saturated rings. The van der Waals surface area contributed by atoms with Crippen molar-refractivity contribution in [2.75, 3.05) is 19.8 Å². The van der Waals surface area contributed by atoms with Crippen LogP contribution in [0, 0.1) is 0 Å². The number of phosphoric ester groups is 1. The highest BCUT2D eigenvalue weighted by Gasteiger charge is 2.26. The number of hydrogen-bond acceptors (Lipinski definition) is 6. The number of aliphatic hydroxyl groups is 1. The van der Waals surface area contributed by atoms with E-state index in [4.69, 9.17) is 14.8 Å². The number of amides is 1. The zero-order valence-electron chi connectivity index (χ0n) is 33.1. The number of rotatable bonds is 39. The summed E-state index contributed by atoms with van der Waals surface area (Å²) < 4.78 is 22.0. The van der Waals surface area contributed by atoms with Gasteiger partial charge in [0.1, 0.15) is 0 Å². The summed E-state index contributed by atoms with van der Waals surface area (Å²) in [7, 11) is -4.34. The number of phosphoric acid groups is 1. The third-order valence-corrected chi connectivity index (χ3v) is 10.2. The third-order valence-electron chi connectivity index (χ3n) is 9.18. The molecule has 51 heavy (non-hydrogen) atoms. The van der Waals surface area contributed by atoms with E-state index < -0.39 is 20.0 Å². The monoisotopic (exact) mass is 741 g/mol. The number of carbonyl (C=O) groups excluding carboxylic acids is 1. The second-order valence-corrected chi connectivity index (χ2v) is 15.6. The Hall–Kier alpha value is -1.28. The molecule has 0 aliphatic carbocycles. The first-order valence-electron chi connectivity index (χ1n) is 21.1. The van der Waals surface area contributed by atoms with Crippen LogP contribution in [0.5, 0.6) is 0 Å². The molecule has 0 rings (SSSR count). The van der Waals surface area contributed by atoms with Crippen molar-refractivity contribution in [1.29, 1.82) is 0 Å². The van der Waals surface area contributed by atoms with Crippen molar-refractivity contribution in [3.8, 4) is 0 Å². The van der Waals surface area contributed by atoms with Gasteiger partial charge in [-0.3, -0.25) is 13.8 Å². The van der Waals surface area contributed by atoms with Crippen LogP contribution in [0.4, 0.5) is 0 Å². The Morgan fingerprint density at radius 3 is 1.47 bits per heavy atom. The Bertz CT molecular complexity index is 897. The number of hydrogen-bond donors (Lipinski definition) is 4. The maximum atomic E-state index is 12.7. The first kappa shape index (κ1) is 49.7. The topological polar surface area (TPSA) is 131 Å². The fourth-order valence-corrected chi connectivity index (χ4v) is 6.75. The molecule has 0 aliphatic rings. The molecule has 0 heterocycles. The number of unbranched alkanes of at least 4 members (excludes halogenated alkanes) is 23. The van der Waals surface area contributed by atoms with Crippen molar-refractivity contribution in [2.24, 2.45) is 5.73 Å². The van der Waals surface area contributed by atoms with Crippen LogP contribution in [0.3, 0.4) is 0 Å². The summed E-state index contributed by atoms with van der Waals surface area (Å²) in [6, 6.07) is -0.879. The zero-order chi connectivity index (χ0) is 37.5. The summed E-state index contributed by atoms with van der Waals surface area (Å²) in [5, 5.41) is 13.6. The highest BCUT2D eigenvalue weighted by molar-refractivity contribution is 7.47. The minimum atomic E-state index is -4.34. The van der Waals surface area contributed by atoms with Gasteiger partial charge < -0.3 is 21.1 Å². The van der Waals surface area contributed by atoms with E-state index in [-0.39, 0.29) is 25.7 Å². The maximum absolute atomic E-state index is 12.7. The second kappa shape index (κ2) is 38.4. The van der Waals surface area contributed by atoms with Gasteiger partial charge in [-0.25, -0.2) is 4.57 Å². The fraction of sp³-hybridized carbons (Fsp3) is 0.833. The van der Waals surface area contributed by atoms with Crippen molar-refractivity contribution < 1.29 is 28.4 Å². The summed E-state index contributed by atoms with van der Waals surface area (Å²) >= 11 is 0. The maximum Gasteiger partial charge on any atom is 0.472 e. The van der Waals surface area contributed by atoms with E-state index >= 15 is 0 Å². The number of carbonyl (C=O) groups is 1. The highest BCUT2D eigenvalue weighted by atomic mass is 31.2. The predicted octanol–water partition coefficient (Wildman–Crippen LogP) is 11.6. The Labute approximate surface area is 314 Å². The average molecular weight is 741 g/mol. The van der Waals surface area contributed by atoms with Crippen LogP contribution in [0.1, 0.15) is 194 Å². The van der Waals surface area contributed by atoms with Gasteiger partial charge in [0.25, 0.3) is 0 Å². The summed E-state index contributed by atoms with van der Waals surface area (Å²) in [6.45, 7) is 4.03. The first-order valence-corrected chi connectivity index (χ1v) is 22.6. The van der Waals surface area contributed by atoms with E-state index in [1.807, 2.05) is 6.08 Å². The molecule has 1 amide bonds. The van der Waals surface area contributed by atoms with Crippen LogP contribution in [-0.2, 0) is 18.4 Å². The predicted molar refractivity (Wildman–Crippen MR) is 217 cm³/mol.